The number of hydrogen-bond donors (Lipinski definition) is 3. The first-order valence-corrected chi connectivity index (χ1v) is 8.43. The molecule has 2 amide bonds. The summed E-state index contributed by atoms with van der Waals surface area (Å²) in [4.78, 5) is 23.8. The Bertz CT molecular complexity index is 765. The van der Waals surface area contributed by atoms with Gasteiger partial charge < -0.3 is 15.7 Å². The van der Waals surface area contributed by atoms with Crippen molar-refractivity contribution in [1.29, 1.82) is 0 Å². The zero-order valence-electron chi connectivity index (χ0n) is 13.6. The molecule has 2 aromatic rings. The predicted octanol–water partition coefficient (Wildman–Crippen LogP) is 1.60. The fourth-order valence-electron chi connectivity index (χ4n) is 2.99. The molecule has 6 heteroatoms. The number of fused-ring (bicyclic) bond motifs is 1. The largest absolute Gasteiger partial charge is 0.387 e. The van der Waals surface area contributed by atoms with Crippen LogP contribution >= 0.6 is 11.6 Å². The monoisotopic (exact) mass is 358 g/mol. The van der Waals surface area contributed by atoms with Crippen LogP contribution < -0.4 is 10.6 Å². The summed E-state index contributed by atoms with van der Waals surface area (Å²) in [5.74, 6) is -1.48. The lowest BCUT2D eigenvalue weighted by Gasteiger charge is -2.22. The van der Waals surface area contributed by atoms with Crippen LogP contribution in [0.5, 0.6) is 0 Å². The van der Waals surface area contributed by atoms with Crippen LogP contribution in [0.3, 0.4) is 0 Å². The number of halogens is 1. The number of benzene rings is 2. The molecule has 130 valence electrons. The van der Waals surface area contributed by atoms with Crippen LogP contribution in [0.1, 0.15) is 16.7 Å². The molecule has 1 aliphatic rings. The highest BCUT2D eigenvalue weighted by Gasteiger charge is 2.35. The normalized spacial score (nSPS) is 14.6. The lowest BCUT2D eigenvalue weighted by Crippen LogP contribution is -2.48. The fourth-order valence-corrected chi connectivity index (χ4v) is 3.11. The van der Waals surface area contributed by atoms with Gasteiger partial charge in [-0.3, -0.25) is 9.59 Å². The molecule has 0 aromatic heterocycles. The minimum absolute atomic E-state index is 0.0366. The first kappa shape index (κ1) is 17.5. The van der Waals surface area contributed by atoms with E-state index in [1.165, 1.54) is 0 Å². The molecular formula is C19H19ClN2O3. The van der Waals surface area contributed by atoms with Gasteiger partial charge in [0.05, 0.1) is 5.60 Å². The number of carbonyl (C=O) groups excluding carboxylic acids is 2. The zero-order chi connectivity index (χ0) is 17.9. The first-order valence-electron chi connectivity index (χ1n) is 8.05. The molecule has 3 N–H and O–H groups in total. The van der Waals surface area contributed by atoms with Gasteiger partial charge in [-0.1, -0.05) is 48.0 Å². The van der Waals surface area contributed by atoms with Crippen LogP contribution in [0.25, 0.3) is 0 Å². The maximum atomic E-state index is 11.9. The van der Waals surface area contributed by atoms with Crippen molar-refractivity contribution in [3.63, 3.8) is 0 Å². The Morgan fingerprint density at radius 3 is 2.12 bits per heavy atom. The molecular weight excluding hydrogens is 340 g/mol. The van der Waals surface area contributed by atoms with Crippen LogP contribution in [-0.4, -0.2) is 29.1 Å². The Morgan fingerprint density at radius 2 is 1.52 bits per heavy atom. The summed E-state index contributed by atoms with van der Waals surface area (Å²) in [7, 11) is 0. The molecule has 0 spiro atoms. The smallest absolute Gasteiger partial charge is 0.309 e. The maximum Gasteiger partial charge on any atom is 0.309 e. The number of rotatable bonds is 4. The number of aliphatic hydroxyl groups is 1. The molecule has 2 aromatic carbocycles. The third kappa shape index (κ3) is 4.38. The average Bonchev–Trinajstić information content (AvgIpc) is 2.95. The van der Waals surface area contributed by atoms with Crippen molar-refractivity contribution in [1.82, 2.24) is 10.6 Å². The Kier molecular flexibility index (Phi) is 5.06. The van der Waals surface area contributed by atoms with Gasteiger partial charge in [0, 0.05) is 31.0 Å². The summed E-state index contributed by atoms with van der Waals surface area (Å²) in [6, 6.07) is 14.8. The van der Waals surface area contributed by atoms with Gasteiger partial charge in [-0.25, -0.2) is 0 Å². The van der Waals surface area contributed by atoms with E-state index < -0.39 is 17.4 Å². The van der Waals surface area contributed by atoms with Gasteiger partial charge >= 0.3 is 11.8 Å². The zero-order valence-corrected chi connectivity index (χ0v) is 14.3. The lowest BCUT2D eigenvalue weighted by molar-refractivity contribution is -0.139. The quantitative estimate of drug-likeness (QED) is 0.726. The number of amides is 2. The summed E-state index contributed by atoms with van der Waals surface area (Å²) in [5.41, 5.74) is 1.95. The van der Waals surface area contributed by atoms with Gasteiger partial charge in [0.25, 0.3) is 0 Å². The highest BCUT2D eigenvalue weighted by Crippen LogP contribution is 2.29. The summed E-state index contributed by atoms with van der Waals surface area (Å²) in [6.07, 6.45) is 0.936. The molecule has 3 rings (SSSR count). The standard InChI is InChI=1S/C19H19ClN2O3/c20-16-7-5-13(6-8-16)11-21-17(23)18(24)22-12-19(25)9-14-3-1-2-4-15(14)10-19/h1-8,25H,9-12H2,(H,21,23)(H,22,24). The second-order valence-electron chi connectivity index (χ2n) is 6.34. The van der Waals surface area contributed by atoms with Crippen molar-refractivity contribution in [3.8, 4) is 0 Å². The molecule has 0 aliphatic heterocycles. The first-order chi connectivity index (χ1) is 12.0. The topological polar surface area (TPSA) is 78.4 Å². The second-order valence-corrected chi connectivity index (χ2v) is 6.77. The van der Waals surface area contributed by atoms with Crippen molar-refractivity contribution in [2.75, 3.05) is 6.54 Å². The highest BCUT2D eigenvalue weighted by atomic mass is 35.5. The molecule has 0 radical (unpaired) electrons. The predicted molar refractivity (Wildman–Crippen MR) is 95.1 cm³/mol. The van der Waals surface area contributed by atoms with Crippen molar-refractivity contribution in [2.45, 2.75) is 25.0 Å². The molecule has 0 fully saturated rings. The summed E-state index contributed by atoms with van der Waals surface area (Å²) >= 11 is 5.80. The third-order valence-corrected chi connectivity index (χ3v) is 4.56. The Balaban J connectivity index is 1.47. The Labute approximate surface area is 151 Å². The van der Waals surface area contributed by atoms with E-state index in [0.717, 1.165) is 16.7 Å². The van der Waals surface area contributed by atoms with Gasteiger partial charge in [0.1, 0.15) is 0 Å². The minimum atomic E-state index is -1.05. The van der Waals surface area contributed by atoms with Crippen LogP contribution in [0, 0.1) is 0 Å². The van der Waals surface area contributed by atoms with Gasteiger partial charge in [-0.05, 0) is 28.8 Å². The van der Waals surface area contributed by atoms with Crippen molar-refractivity contribution in [3.05, 3.63) is 70.2 Å². The minimum Gasteiger partial charge on any atom is -0.387 e. The van der Waals surface area contributed by atoms with Crippen molar-refractivity contribution >= 4 is 23.4 Å². The van der Waals surface area contributed by atoms with E-state index in [0.29, 0.717) is 17.9 Å². The molecule has 0 bridgehead atoms. The lowest BCUT2D eigenvalue weighted by atomic mass is 10.0. The summed E-state index contributed by atoms with van der Waals surface area (Å²) in [6.45, 7) is 0.272. The van der Waals surface area contributed by atoms with Gasteiger partial charge in [0.15, 0.2) is 0 Å². The van der Waals surface area contributed by atoms with Gasteiger partial charge in [-0.2, -0.15) is 0 Å². The molecule has 0 saturated heterocycles. The van der Waals surface area contributed by atoms with Crippen LogP contribution in [-0.2, 0) is 29.0 Å². The highest BCUT2D eigenvalue weighted by molar-refractivity contribution is 6.35. The van der Waals surface area contributed by atoms with E-state index in [2.05, 4.69) is 10.6 Å². The Hall–Kier alpha value is -2.37. The Morgan fingerprint density at radius 1 is 0.960 bits per heavy atom. The van der Waals surface area contributed by atoms with Crippen LogP contribution in [0.4, 0.5) is 0 Å². The van der Waals surface area contributed by atoms with Crippen molar-refractivity contribution < 1.29 is 14.7 Å². The summed E-state index contributed by atoms with van der Waals surface area (Å²) < 4.78 is 0. The van der Waals surface area contributed by atoms with E-state index in [1.54, 1.807) is 24.3 Å². The fraction of sp³-hybridized carbons (Fsp3) is 0.263. The molecule has 1 aliphatic carbocycles. The van der Waals surface area contributed by atoms with Gasteiger partial charge in [-0.15, -0.1) is 0 Å². The number of carbonyl (C=O) groups is 2. The van der Waals surface area contributed by atoms with E-state index in [4.69, 9.17) is 11.6 Å². The van der Waals surface area contributed by atoms with E-state index >= 15 is 0 Å². The third-order valence-electron chi connectivity index (χ3n) is 4.31. The van der Waals surface area contributed by atoms with Gasteiger partial charge in [0.2, 0.25) is 0 Å². The molecule has 5 nitrogen and oxygen atoms in total. The van der Waals surface area contributed by atoms with Crippen LogP contribution in [0.15, 0.2) is 48.5 Å². The molecule has 0 unspecified atom stereocenters. The summed E-state index contributed by atoms with van der Waals surface area (Å²) in [5, 5.41) is 16.3. The molecule has 0 saturated carbocycles. The SMILES string of the molecule is O=C(NCc1ccc(Cl)cc1)C(=O)NCC1(O)Cc2ccccc2C1. The van der Waals surface area contributed by atoms with E-state index in [-0.39, 0.29) is 13.1 Å². The van der Waals surface area contributed by atoms with Crippen molar-refractivity contribution in [2.24, 2.45) is 0 Å². The van der Waals surface area contributed by atoms with Crippen LogP contribution in [0.2, 0.25) is 5.02 Å². The maximum absolute atomic E-state index is 11.9. The van der Waals surface area contributed by atoms with E-state index in [1.807, 2.05) is 24.3 Å². The second kappa shape index (κ2) is 7.25. The molecule has 0 heterocycles. The van der Waals surface area contributed by atoms with E-state index in [9.17, 15) is 14.7 Å². The molecule has 0 atom stereocenters. The number of hydrogen-bond acceptors (Lipinski definition) is 3. The average molecular weight is 359 g/mol. The molecule has 25 heavy (non-hydrogen) atoms. The number of nitrogens with one attached hydrogen (secondary N) is 2.